The fourth-order valence-electron chi connectivity index (χ4n) is 0.190. The Labute approximate surface area is 40.6 Å². The van der Waals surface area contributed by atoms with Crippen molar-refractivity contribution < 1.29 is 0 Å². The van der Waals surface area contributed by atoms with Crippen molar-refractivity contribution >= 4 is 18.3 Å². The number of allylic oxidation sites excluding steroid dienone is 1. The highest BCUT2D eigenvalue weighted by Gasteiger charge is 1.79. The fraction of sp³-hybridized carbons (Fsp3) is 0. The van der Waals surface area contributed by atoms with Crippen LogP contribution in [0.1, 0.15) is 0 Å². The molecule has 1 aliphatic rings. The van der Waals surface area contributed by atoms with Gasteiger partial charge >= 0.3 is 0 Å². The van der Waals surface area contributed by atoms with Crippen molar-refractivity contribution in [2.24, 2.45) is 4.40 Å². The summed E-state index contributed by atoms with van der Waals surface area (Å²) in [6, 6.07) is 0. The summed E-state index contributed by atoms with van der Waals surface area (Å²) in [5.41, 5.74) is 0. The first-order chi connectivity index (χ1) is 3.00. The number of hydrogen-bond acceptors (Lipinski definition) is 2. The van der Waals surface area contributed by atoms with Gasteiger partial charge < -0.3 is 0 Å². The van der Waals surface area contributed by atoms with Gasteiger partial charge in [-0.3, -0.25) is 0 Å². The molecule has 1 radical (unpaired) electrons. The topological polar surface area (TPSA) is 26.5 Å². The van der Waals surface area contributed by atoms with E-state index in [0.717, 1.165) is 0 Å². The second-order valence-electron chi connectivity index (χ2n) is 0.783. The Bertz CT molecular complexity index is 74.8. The van der Waals surface area contributed by atoms with Crippen LogP contribution < -0.4 is 4.72 Å². The van der Waals surface area contributed by atoms with Gasteiger partial charge in [0.2, 0.25) is 0 Å². The zero-order valence-electron chi connectivity index (χ0n) is 3.03. The van der Waals surface area contributed by atoms with Crippen LogP contribution in [0.4, 0.5) is 0 Å². The van der Waals surface area contributed by atoms with Gasteiger partial charge in [-0.05, 0) is 6.08 Å². The van der Waals surface area contributed by atoms with Crippen LogP contribution in [0.3, 0.4) is 0 Å². The van der Waals surface area contributed by atoms with Gasteiger partial charge in [-0.15, -0.1) is 0 Å². The molecule has 31 valence electrons. The first-order valence-corrected chi connectivity index (χ1v) is 2.28. The molecule has 2 nitrogen and oxygen atoms in total. The highest BCUT2D eigenvalue weighted by Crippen LogP contribution is 1.98. The standard InChI is InChI=1S/C3H3N2S/c1-2-4-6-5-3-1/h1-3H. The van der Waals surface area contributed by atoms with E-state index in [-0.39, 0.29) is 0 Å². The number of nitrogens with zero attached hydrogens (tertiary/aromatic N) is 2. The minimum atomic E-state index is 1.20. The van der Waals surface area contributed by atoms with Crippen LogP contribution in [0, 0.1) is 0 Å². The van der Waals surface area contributed by atoms with Crippen molar-refractivity contribution in [3.63, 3.8) is 0 Å². The first-order valence-electron chi connectivity index (χ1n) is 1.55. The van der Waals surface area contributed by atoms with E-state index in [0.29, 0.717) is 0 Å². The first kappa shape index (κ1) is 3.74. The summed E-state index contributed by atoms with van der Waals surface area (Å²) >= 11 is 1.20. The van der Waals surface area contributed by atoms with E-state index < -0.39 is 0 Å². The molecule has 0 saturated carbocycles. The predicted molar refractivity (Wildman–Crippen MR) is 27.4 cm³/mol. The largest absolute Gasteiger partial charge is 0.202 e. The molecule has 1 rings (SSSR count). The lowest BCUT2D eigenvalue weighted by Gasteiger charge is -1.87. The minimum Gasteiger partial charge on any atom is -0.202 e. The molecule has 0 unspecified atom stereocenters. The summed E-state index contributed by atoms with van der Waals surface area (Å²) in [4.78, 5) is 0. The molecule has 1 aliphatic heterocycles. The van der Waals surface area contributed by atoms with Gasteiger partial charge in [0.1, 0.15) is 12.1 Å². The molecule has 0 fully saturated rings. The summed E-state index contributed by atoms with van der Waals surface area (Å²) in [6.45, 7) is 0. The average molecular weight is 99.1 g/mol. The second kappa shape index (κ2) is 1.87. The van der Waals surface area contributed by atoms with E-state index in [1.807, 2.05) is 0 Å². The SMILES string of the molecule is C1=C[N]SN=C1. The molecule has 0 amide bonds. The third-order valence-electron chi connectivity index (χ3n) is 0.388. The van der Waals surface area contributed by atoms with Crippen LogP contribution >= 0.6 is 12.1 Å². The van der Waals surface area contributed by atoms with Gasteiger partial charge in [-0.1, -0.05) is 0 Å². The second-order valence-corrected chi connectivity index (χ2v) is 1.37. The summed E-state index contributed by atoms with van der Waals surface area (Å²) in [6.07, 6.45) is 5.20. The molecule has 0 spiro atoms. The van der Waals surface area contributed by atoms with Crippen molar-refractivity contribution in [1.29, 1.82) is 0 Å². The quantitative estimate of drug-likeness (QED) is 0.411. The fourth-order valence-corrected chi connectivity index (χ4v) is 0.494. The van der Waals surface area contributed by atoms with Crippen molar-refractivity contribution in [2.45, 2.75) is 0 Å². The van der Waals surface area contributed by atoms with E-state index in [4.69, 9.17) is 0 Å². The van der Waals surface area contributed by atoms with E-state index in [1.165, 1.54) is 12.1 Å². The van der Waals surface area contributed by atoms with Crippen molar-refractivity contribution in [3.8, 4) is 0 Å². The predicted octanol–water partition coefficient (Wildman–Crippen LogP) is 0.752. The van der Waals surface area contributed by atoms with E-state index in [2.05, 4.69) is 9.12 Å². The number of hydrogen-bond donors (Lipinski definition) is 0. The van der Waals surface area contributed by atoms with Crippen LogP contribution in [-0.4, -0.2) is 6.21 Å². The van der Waals surface area contributed by atoms with Crippen LogP contribution in [0.25, 0.3) is 0 Å². The Kier molecular flexibility index (Phi) is 1.17. The van der Waals surface area contributed by atoms with Crippen LogP contribution in [0.2, 0.25) is 0 Å². The molecule has 0 aromatic heterocycles. The highest BCUT2D eigenvalue weighted by molar-refractivity contribution is 7.96. The smallest absolute Gasteiger partial charge is 0.115 e. The molecular formula is C3H3N2S. The molecule has 1 heterocycles. The maximum atomic E-state index is 3.72. The number of rotatable bonds is 0. The molecule has 0 bridgehead atoms. The molecule has 3 heteroatoms. The van der Waals surface area contributed by atoms with Gasteiger partial charge in [0.05, 0.1) is 0 Å². The summed E-state index contributed by atoms with van der Waals surface area (Å²) in [7, 11) is 0. The maximum Gasteiger partial charge on any atom is 0.115 e. The zero-order chi connectivity index (χ0) is 4.24. The van der Waals surface area contributed by atoms with Gasteiger partial charge in [-0.25, -0.2) is 9.12 Å². The van der Waals surface area contributed by atoms with Gasteiger partial charge in [-0.2, -0.15) is 0 Å². The Balaban J connectivity index is 2.46. The maximum absolute atomic E-state index is 3.72. The Hall–Kier alpha value is -0.440. The highest BCUT2D eigenvalue weighted by atomic mass is 32.2. The monoisotopic (exact) mass is 99.0 g/mol. The zero-order valence-corrected chi connectivity index (χ0v) is 3.85. The minimum absolute atomic E-state index is 1.20. The molecular weight excluding hydrogens is 96.1 g/mol. The third-order valence-corrected chi connectivity index (χ3v) is 0.820. The van der Waals surface area contributed by atoms with Crippen LogP contribution in [0.15, 0.2) is 16.7 Å². The van der Waals surface area contributed by atoms with Crippen LogP contribution in [-0.2, 0) is 0 Å². The van der Waals surface area contributed by atoms with Crippen molar-refractivity contribution in [1.82, 2.24) is 4.72 Å². The summed E-state index contributed by atoms with van der Waals surface area (Å²) in [5.74, 6) is 0. The van der Waals surface area contributed by atoms with E-state index in [1.54, 1.807) is 18.5 Å². The Morgan fingerprint density at radius 2 is 2.50 bits per heavy atom. The van der Waals surface area contributed by atoms with Gasteiger partial charge in [0.25, 0.3) is 0 Å². The summed E-state index contributed by atoms with van der Waals surface area (Å²) < 4.78 is 7.43. The third kappa shape index (κ3) is 0.755. The molecule has 0 N–H and O–H groups in total. The van der Waals surface area contributed by atoms with Crippen molar-refractivity contribution in [2.75, 3.05) is 0 Å². The normalized spacial score (nSPS) is 17.3. The van der Waals surface area contributed by atoms with Gasteiger partial charge in [0.15, 0.2) is 0 Å². The van der Waals surface area contributed by atoms with E-state index >= 15 is 0 Å². The Morgan fingerprint density at radius 3 is 2.67 bits per heavy atom. The summed E-state index contributed by atoms with van der Waals surface area (Å²) in [5, 5.41) is 0. The van der Waals surface area contributed by atoms with E-state index in [9.17, 15) is 0 Å². The molecule has 6 heavy (non-hydrogen) atoms. The molecule has 0 aromatic carbocycles. The average Bonchev–Trinajstić information content (AvgIpc) is 1.72. The van der Waals surface area contributed by atoms with Crippen LogP contribution in [0.5, 0.6) is 0 Å². The molecule has 0 aliphatic carbocycles. The molecule has 0 atom stereocenters. The lowest BCUT2D eigenvalue weighted by atomic mass is 10.7. The lowest BCUT2D eigenvalue weighted by molar-refractivity contribution is 1.38. The molecule has 0 aromatic rings. The van der Waals surface area contributed by atoms with Crippen molar-refractivity contribution in [3.05, 3.63) is 12.3 Å². The lowest BCUT2D eigenvalue weighted by Crippen LogP contribution is -1.81. The van der Waals surface area contributed by atoms with Gasteiger partial charge in [0, 0.05) is 12.4 Å². The Morgan fingerprint density at radius 1 is 1.50 bits per heavy atom. The molecule has 0 saturated heterocycles.